The molecule has 0 aliphatic carbocycles. The molecular weight excluding hydrogens is 252 g/mol. The zero-order valence-corrected chi connectivity index (χ0v) is 10.6. The number of carbonyl (C=O) groups excluding carboxylic acids is 3. The van der Waals surface area contributed by atoms with Crippen molar-refractivity contribution in [1.82, 2.24) is 10.2 Å². The summed E-state index contributed by atoms with van der Waals surface area (Å²) in [5, 5.41) is 2.19. The maximum atomic E-state index is 12.2. The lowest BCUT2D eigenvalue weighted by atomic mass is 10.1. The van der Waals surface area contributed by atoms with E-state index in [4.69, 9.17) is 0 Å². The van der Waals surface area contributed by atoms with Gasteiger partial charge in [0.15, 0.2) is 0 Å². The topological polar surface area (TPSA) is 66.5 Å². The minimum absolute atomic E-state index is 0.103. The second-order valence-corrected chi connectivity index (χ2v) is 4.58. The van der Waals surface area contributed by atoms with Crippen LogP contribution in [0.2, 0.25) is 0 Å². The summed E-state index contributed by atoms with van der Waals surface area (Å²) in [6.07, 6.45) is 0. The zero-order chi connectivity index (χ0) is 13.3. The lowest BCUT2D eigenvalue weighted by Gasteiger charge is -2.31. The van der Waals surface area contributed by atoms with Crippen molar-refractivity contribution in [2.24, 2.45) is 0 Å². The van der Waals surface area contributed by atoms with E-state index < -0.39 is 17.9 Å². The Hall–Kier alpha value is -1.82. The van der Waals surface area contributed by atoms with Gasteiger partial charge >= 0.3 is 0 Å². The Morgan fingerprint density at radius 1 is 1.33 bits per heavy atom. The van der Waals surface area contributed by atoms with Crippen LogP contribution in [0.15, 0.2) is 29.2 Å². The highest BCUT2D eigenvalue weighted by molar-refractivity contribution is 7.80. The molecule has 1 aromatic carbocycles. The Kier molecular flexibility index (Phi) is 3.38. The van der Waals surface area contributed by atoms with Crippen LogP contribution in [0.3, 0.4) is 0 Å². The zero-order valence-electron chi connectivity index (χ0n) is 9.71. The molecule has 1 aliphatic heterocycles. The summed E-state index contributed by atoms with van der Waals surface area (Å²) in [5.41, 5.74) is 0.433. The molecule has 2 rings (SSSR count). The Morgan fingerprint density at radius 2 is 1.94 bits per heavy atom. The molecule has 18 heavy (non-hydrogen) atoms. The maximum absolute atomic E-state index is 12.2. The van der Waals surface area contributed by atoms with Gasteiger partial charge in [-0.15, -0.1) is 12.6 Å². The van der Waals surface area contributed by atoms with Gasteiger partial charge in [-0.05, 0) is 31.2 Å². The smallest absolute Gasteiger partial charge is 0.254 e. The van der Waals surface area contributed by atoms with Gasteiger partial charge in [0, 0.05) is 10.5 Å². The summed E-state index contributed by atoms with van der Waals surface area (Å²) in [6, 6.07) is 5.97. The van der Waals surface area contributed by atoms with Gasteiger partial charge in [0.25, 0.3) is 5.91 Å². The number of hydrogen-bond donors (Lipinski definition) is 2. The average Bonchev–Trinajstić information content (AvgIpc) is 2.34. The largest absolute Gasteiger partial charge is 0.318 e. The van der Waals surface area contributed by atoms with E-state index in [0.717, 1.165) is 4.90 Å². The second-order valence-electron chi connectivity index (χ2n) is 4.07. The van der Waals surface area contributed by atoms with Gasteiger partial charge in [0.2, 0.25) is 11.8 Å². The van der Waals surface area contributed by atoms with Crippen LogP contribution < -0.4 is 5.32 Å². The number of hydrogen-bond acceptors (Lipinski definition) is 4. The third-order valence-electron chi connectivity index (χ3n) is 2.80. The molecule has 0 radical (unpaired) electrons. The van der Waals surface area contributed by atoms with Crippen molar-refractivity contribution in [1.29, 1.82) is 0 Å². The van der Waals surface area contributed by atoms with Crippen LogP contribution in [-0.2, 0) is 9.59 Å². The van der Waals surface area contributed by atoms with Crippen molar-refractivity contribution in [2.45, 2.75) is 17.9 Å². The highest BCUT2D eigenvalue weighted by Crippen LogP contribution is 2.13. The van der Waals surface area contributed by atoms with E-state index in [-0.39, 0.29) is 12.5 Å². The van der Waals surface area contributed by atoms with Crippen LogP contribution >= 0.6 is 12.6 Å². The van der Waals surface area contributed by atoms with E-state index in [0.29, 0.717) is 5.56 Å². The molecule has 1 N–H and O–H groups in total. The highest BCUT2D eigenvalue weighted by Gasteiger charge is 2.33. The van der Waals surface area contributed by atoms with E-state index in [1.54, 1.807) is 31.2 Å². The van der Waals surface area contributed by atoms with E-state index in [2.05, 4.69) is 17.9 Å². The molecule has 1 unspecified atom stereocenters. The first-order chi connectivity index (χ1) is 8.49. The lowest BCUT2D eigenvalue weighted by Crippen LogP contribution is -2.58. The fraction of sp³-hybridized carbons (Fsp3) is 0.250. The molecule has 94 valence electrons. The molecule has 0 aromatic heterocycles. The maximum Gasteiger partial charge on any atom is 0.254 e. The second kappa shape index (κ2) is 4.81. The Labute approximate surface area is 110 Å². The molecule has 3 amide bonds. The van der Waals surface area contributed by atoms with Crippen LogP contribution in [0.25, 0.3) is 0 Å². The lowest BCUT2D eigenvalue weighted by molar-refractivity contribution is -0.138. The molecule has 0 spiro atoms. The van der Waals surface area contributed by atoms with Crippen molar-refractivity contribution >= 4 is 30.4 Å². The molecule has 0 bridgehead atoms. The monoisotopic (exact) mass is 264 g/mol. The summed E-state index contributed by atoms with van der Waals surface area (Å²) in [7, 11) is 0. The molecule has 1 atom stereocenters. The molecule has 1 aliphatic rings. The van der Waals surface area contributed by atoms with Gasteiger partial charge in [0.05, 0.1) is 0 Å². The molecular formula is C12H12N2O3S. The molecule has 1 saturated heterocycles. The van der Waals surface area contributed by atoms with Crippen molar-refractivity contribution in [3.05, 3.63) is 29.8 Å². The number of nitrogens with one attached hydrogen (secondary N) is 1. The van der Waals surface area contributed by atoms with Gasteiger partial charge in [0.1, 0.15) is 12.6 Å². The molecule has 6 heteroatoms. The van der Waals surface area contributed by atoms with Crippen molar-refractivity contribution in [2.75, 3.05) is 6.54 Å². The van der Waals surface area contributed by atoms with E-state index in [1.807, 2.05) is 0 Å². The molecule has 1 heterocycles. The Bertz CT molecular complexity index is 513. The van der Waals surface area contributed by atoms with Gasteiger partial charge in [-0.2, -0.15) is 0 Å². The van der Waals surface area contributed by atoms with Gasteiger partial charge in [-0.3, -0.25) is 19.7 Å². The number of carbonyl (C=O) groups is 3. The fourth-order valence-electron chi connectivity index (χ4n) is 1.73. The third-order valence-corrected chi connectivity index (χ3v) is 3.10. The standard InChI is InChI=1S/C12H12N2O3S/c1-7-11(16)13-10(15)6-14(7)12(17)8-2-4-9(18)5-3-8/h2-5,7,18H,6H2,1H3,(H,13,15,16). The number of piperazine rings is 1. The number of rotatable bonds is 1. The van der Waals surface area contributed by atoms with Crippen molar-refractivity contribution in [3.8, 4) is 0 Å². The molecule has 1 fully saturated rings. The summed E-state index contributed by atoms with van der Waals surface area (Å²) in [6.45, 7) is 1.49. The van der Waals surface area contributed by atoms with Crippen LogP contribution in [0.1, 0.15) is 17.3 Å². The molecule has 5 nitrogen and oxygen atoms in total. The first kappa shape index (κ1) is 12.6. The SMILES string of the molecule is CC1C(=O)NC(=O)CN1C(=O)c1ccc(S)cc1. The van der Waals surface area contributed by atoms with Gasteiger partial charge < -0.3 is 4.90 Å². The number of benzene rings is 1. The fourth-order valence-corrected chi connectivity index (χ4v) is 1.88. The summed E-state index contributed by atoms with van der Waals surface area (Å²) >= 11 is 4.13. The predicted molar refractivity (Wildman–Crippen MR) is 67.3 cm³/mol. The quantitative estimate of drug-likeness (QED) is 0.572. The number of thiol groups is 1. The normalized spacial score (nSPS) is 19.7. The van der Waals surface area contributed by atoms with Crippen molar-refractivity contribution in [3.63, 3.8) is 0 Å². The Balaban J connectivity index is 2.24. The minimum atomic E-state index is -0.647. The number of amides is 3. The average molecular weight is 264 g/mol. The minimum Gasteiger partial charge on any atom is -0.318 e. The molecule has 1 aromatic rings. The Morgan fingerprint density at radius 3 is 2.56 bits per heavy atom. The van der Waals surface area contributed by atoms with E-state index >= 15 is 0 Å². The van der Waals surface area contributed by atoms with E-state index in [9.17, 15) is 14.4 Å². The number of nitrogens with zero attached hydrogens (tertiary/aromatic N) is 1. The summed E-state index contributed by atoms with van der Waals surface area (Å²) in [5.74, 6) is -1.25. The third kappa shape index (κ3) is 2.38. The summed E-state index contributed by atoms with van der Waals surface area (Å²) in [4.78, 5) is 36.9. The van der Waals surface area contributed by atoms with Crippen LogP contribution in [-0.4, -0.2) is 35.2 Å². The van der Waals surface area contributed by atoms with Gasteiger partial charge in [-0.25, -0.2) is 0 Å². The van der Waals surface area contributed by atoms with Crippen LogP contribution in [0.5, 0.6) is 0 Å². The molecule has 0 saturated carbocycles. The summed E-state index contributed by atoms with van der Waals surface area (Å²) < 4.78 is 0. The van der Waals surface area contributed by atoms with Crippen LogP contribution in [0, 0.1) is 0 Å². The van der Waals surface area contributed by atoms with Crippen LogP contribution in [0.4, 0.5) is 0 Å². The first-order valence-corrected chi connectivity index (χ1v) is 5.87. The van der Waals surface area contributed by atoms with E-state index in [1.165, 1.54) is 4.90 Å². The van der Waals surface area contributed by atoms with Gasteiger partial charge in [-0.1, -0.05) is 0 Å². The first-order valence-electron chi connectivity index (χ1n) is 5.42. The van der Waals surface area contributed by atoms with Crippen molar-refractivity contribution < 1.29 is 14.4 Å². The highest BCUT2D eigenvalue weighted by atomic mass is 32.1. The predicted octanol–water partition coefficient (Wildman–Crippen LogP) is 0.462. The number of imide groups is 1.